The average molecular weight is 376 g/mol. The molecule has 1 aliphatic heterocycles. The molecule has 0 saturated carbocycles. The number of nitrogens with zero attached hydrogens (tertiary/aromatic N) is 3. The van der Waals surface area contributed by atoms with Gasteiger partial charge in [0.15, 0.2) is 0 Å². The molecule has 0 aliphatic carbocycles. The summed E-state index contributed by atoms with van der Waals surface area (Å²) in [6.45, 7) is 5.37. The molecule has 10 nitrogen and oxygen atoms in total. The fraction of sp³-hybridized carbons (Fsp3) is 0.412. The van der Waals surface area contributed by atoms with Crippen molar-refractivity contribution in [1.29, 1.82) is 0 Å². The lowest BCUT2D eigenvalue weighted by atomic mass is 10.1. The third-order valence-electron chi connectivity index (χ3n) is 4.51. The largest absolute Gasteiger partial charge is 0.462 e. The van der Waals surface area contributed by atoms with Gasteiger partial charge in [0.1, 0.15) is 11.3 Å². The zero-order valence-electron chi connectivity index (χ0n) is 15.1. The maximum atomic E-state index is 13.0. The van der Waals surface area contributed by atoms with E-state index in [0.717, 1.165) is 0 Å². The summed E-state index contributed by atoms with van der Waals surface area (Å²) in [7, 11) is 0. The van der Waals surface area contributed by atoms with Crippen molar-refractivity contribution in [2.75, 3.05) is 43.7 Å². The van der Waals surface area contributed by atoms with E-state index in [-0.39, 0.29) is 28.9 Å². The van der Waals surface area contributed by atoms with Gasteiger partial charge < -0.3 is 20.2 Å². The zero-order chi connectivity index (χ0) is 19.7. The van der Waals surface area contributed by atoms with Crippen molar-refractivity contribution in [3.63, 3.8) is 0 Å². The molecule has 0 bridgehead atoms. The van der Waals surface area contributed by atoms with Crippen molar-refractivity contribution in [3.05, 3.63) is 43.7 Å². The van der Waals surface area contributed by atoms with Crippen LogP contribution in [0, 0.1) is 17.0 Å². The first kappa shape index (κ1) is 18.6. The third kappa shape index (κ3) is 3.08. The number of carbonyl (C=O) groups is 1. The molecular formula is C17H20N4O6. The Kier molecular flexibility index (Phi) is 5.00. The van der Waals surface area contributed by atoms with Crippen molar-refractivity contribution in [1.82, 2.24) is 4.68 Å². The van der Waals surface area contributed by atoms with Gasteiger partial charge in [-0.25, -0.2) is 4.79 Å². The molecule has 1 aromatic carbocycles. The van der Waals surface area contributed by atoms with Crippen molar-refractivity contribution in [3.8, 4) is 0 Å². The number of hydrogen-bond acceptors (Lipinski definition) is 8. The van der Waals surface area contributed by atoms with Crippen molar-refractivity contribution in [2.45, 2.75) is 13.8 Å². The summed E-state index contributed by atoms with van der Waals surface area (Å²) in [6, 6.07) is 2.74. The van der Waals surface area contributed by atoms with Crippen LogP contribution in [0.3, 0.4) is 0 Å². The number of pyridine rings is 1. The monoisotopic (exact) mass is 376 g/mol. The predicted molar refractivity (Wildman–Crippen MR) is 98.7 cm³/mol. The highest BCUT2D eigenvalue weighted by atomic mass is 16.6. The van der Waals surface area contributed by atoms with Gasteiger partial charge in [0.25, 0.3) is 5.69 Å². The van der Waals surface area contributed by atoms with E-state index in [0.29, 0.717) is 37.5 Å². The number of aromatic nitrogens is 1. The SMILES string of the molecule is CCOC(=O)c1c(C)n(N2CCOCC2)c2ccc([N+](=O)[O-])c(N)c2c1=O. The molecule has 0 amide bonds. The van der Waals surface area contributed by atoms with E-state index < -0.39 is 16.3 Å². The number of ether oxygens (including phenoxy) is 2. The summed E-state index contributed by atoms with van der Waals surface area (Å²) < 4.78 is 12.1. The summed E-state index contributed by atoms with van der Waals surface area (Å²) in [5.74, 6) is -0.783. The highest BCUT2D eigenvalue weighted by Crippen LogP contribution is 2.30. The van der Waals surface area contributed by atoms with Gasteiger partial charge in [-0.3, -0.25) is 19.6 Å². The molecular weight excluding hydrogens is 356 g/mol. The number of nitrogen functional groups attached to an aromatic ring is 1. The Labute approximate surface area is 154 Å². The summed E-state index contributed by atoms with van der Waals surface area (Å²) in [5.41, 5.74) is 5.25. The van der Waals surface area contributed by atoms with Crippen LogP contribution in [-0.2, 0) is 9.47 Å². The van der Waals surface area contributed by atoms with Gasteiger partial charge in [0.05, 0.1) is 54.4 Å². The van der Waals surface area contributed by atoms with E-state index in [1.54, 1.807) is 18.5 Å². The number of carbonyl (C=O) groups excluding carboxylic acids is 1. The second kappa shape index (κ2) is 7.23. The number of benzene rings is 1. The Hall–Kier alpha value is -3.14. The first-order valence-corrected chi connectivity index (χ1v) is 8.50. The third-order valence-corrected chi connectivity index (χ3v) is 4.51. The zero-order valence-corrected chi connectivity index (χ0v) is 15.1. The van der Waals surface area contributed by atoms with E-state index in [4.69, 9.17) is 15.2 Å². The summed E-state index contributed by atoms with van der Waals surface area (Å²) >= 11 is 0. The van der Waals surface area contributed by atoms with E-state index >= 15 is 0 Å². The normalized spacial score (nSPS) is 14.4. The molecule has 2 N–H and O–H groups in total. The van der Waals surface area contributed by atoms with Crippen LogP contribution < -0.4 is 16.2 Å². The lowest BCUT2D eigenvalue weighted by Crippen LogP contribution is -2.46. The molecule has 0 spiro atoms. The number of esters is 1. The van der Waals surface area contributed by atoms with Crippen LogP contribution in [0.5, 0.6) is 0 Å². The number of fused-ring (bicyclic) bond motifs is 1. The van der Waals surface area contributed by atoms with Gasteiger partial charge in [0, 0.05) is 6.07 Å². The van der Waals surface area contributed by atoms with Crippen LogP contribution in [0.15, 0.2) is 16.9 Å². The number of anilines is 1. The minimum absolute atomic E-state index is 0.0654. The van der Waals surface area contributed by atoms with E-state index in [1.165, 1.54) is 12.1 Å². The first-order chi connectivity index (χ1) is 12.9. The average Bonchev–Trinajstić information content (AvgIpc) is 2.62. The quantitative estimate of drug-likeness (QED) is 0.361. The second-order valence-electron chi connectivity index (χ2n) is 6.04. The molecule has 1 fully saturated rings. The minimum atomic E-state index is -0.783. The highest BCUT2D eigenvalue weighted by molar-refractivity contribution is 6.01. The minimum Gasteiger partial charge on any atom is -0.462 e. The van der Waals surface area contributed by atoms with Crippen LogP contribution in [0.2, 0.25) is 0 Å². The van der Waals surface area contributed by atoms with Gasteiger partial charge in [-0.05, 0) is 19.9 Å². The van der Waals surface area contributed by atoms with Crippen molar-refractivity contribution >= 4 is 28.2 Å². The second-order valence-corrected chi connectivity index (χ2v) is 6.04. The maximum Gasteiger partial charge on any atom is 0.344 e. The summed E-state index contributed by atoms with van der Waals surface area (Å²) in [6.07, 6.45) is 0. The topological polar surface area (TPSA) is 130 Å². The molecule has 0 unspecified atom stereocenters. The lowest BCUT2D eigenvalue weighted by Gasteiger charge is -2.34. The summed E-state index contributed by atoms with van der Waals surface area (Å²) in [4.78, 5) is 36.1. The highest BCUT2D eigenvalue weighted by Gasteiger charge is 2.27. The van der Waals surface area contributed by atoms with E-state index in [2.05, 4.69) is 0 Å². The molecule has 3 rings (SSSR count). The van der Waals surface area contributed by atoms with E-state index in [1.807, 2.05) is 5.01 Å². The van der Waals surface area contributed by atoms with Crippen LogP contribution in [0.4, 0.5) is 11.4 Å². The van der Waals surface area contributed by atoms with Crippen LogP contribution in [-0.4, -0.2) is 48.5 Å². The fourth-order valence-electron chi connectivity index (χ4n) is 3.31. The van der Waals surface area contributed by atoms with Crippen LogP contribution >= 0.6 is 0 Å². The number of nitrogens with two attached hydrogens (primary N) is 1. The predicted octanol–water partition coefficient (Wildman–Crippen LogP) is 0.945. The standard InChI is InChI=1S/C17H20N4O6/c1-3-27-17(23)13-10(2)20(19-6-8-26-9-7-19)11-4-5-12(21(24)25)15(18)14(11)16(13)22/h4-5H,3,6-9,18H2,1-2H3. The molecule has 10 heteroatoms. The number of morpholine rings is 1. The van der Waals surface area contributed by atoms with Crippen molar-refractivity contribution < 1.29 is 19.2 Å². The Bertz CT molecular complexity index is 978. The van der Waals surface area contributed by atoms with Gasteiger partial charge in [-0.2, -0.15) is 0 Å². The van der Waals surface area contributed by atoms with Gasteiger partial charge in [-0.15, -0.1) is 0 Å². The van der Waals surface area contributed by atoms with Crippen LogP contribution in [0.25, 0.3) is 10.9 Å². The Morgan fingerprint density at radius 3 is 2.63 bits per heavy atom. The lowest BCUT2D eigenvalue weighted by molar-refractivity contribution is -0.383. The number of nitro benzene ring substituents is 1. The smallest absolute Gasteiger partial charge is 0.344 e. The maximum absolute atomic E-state index is 13.0. The molecule has 2 aromatic rings. The van der Waals surface area contributed by atoms with Gasteiger partial charge in [0.2, 0.25) is 5.43 Å². The molecule has 0 radical (unpaired) electrons. The van der Waals surface area contributed by atoms with Crippen molar-refractivity contribution in [2.24, 2.45) is 0 Å². The molecule has 1 aromatic heterocycles. The number of rotatable bonds is 4. The Morgan fingerprint density at radius 2 is 2.04 bits per heavy atom. The molecule has 2 heterocycles. The molecule has 144 valence electrons. The van der Waals surface area contributed by atoms with E-state index in [9.17, 15) is 19.7 Å². The Morgan fingerprint density at radius 1 is 1.37 bits per heavy atom. The fourth-order valence-corrected chi connectivity index (χ4v) is 3.31. The molecule has 27 heavy (non-hydrogen) atoms. The molecule has 0 atom stereocenters. The number of nitro groups is 1. The molecule has 1 saturated heterocycles. The first-order valence-electron chi connectivity index (χ1n) is 8.50. The van der Waals surface area contributed by atoms with Gasteiger partial charge >= 0.3 is 5.97 Å². The van der Waals surface area contributed by atoms with Crippen LogP contribution in [0.1, 0.15) is 23.0 Å². The summed E-state index contributed by atoms with van der Waals surface area (Å²) in [5, 5.41) is 13.1. The Balaban J connectivity index is 2.41. The van der Waals surface area contributed by atoms with Gasteiger partial charge in [-0.1, -0.05) is 0 Å². The number of hydrogen-bond donors (Lipinski definition) is 1. The molecule has 1 aliphatic rings.